The summed E-state index contributed by atoms with van der Waals surface area (Å²) in [4.78, 5) is -0.00137. The van der Waals surface area contributed by atoms with Gasteiger partial charge in [0.2, 0.25) is 10.0 Å². The molecule has 0 aromatic heterocycles. The van der Waals surface area contributed by atoms with Crippen LogP contribution < -0.4 is 10.5 Å². The Balaban J connectivity index is 2.20. The lowest BCUT2D eigenvalue weighted by molar-refractivity contribution is 0.316. The maximum absolute atomic E-state index is 12.1. The van der Waals surface area contributed by atoms with Crippen molar-refractivity contribution in [3.05, 3.63) is 23.8 Å². The van der Waals surface area contributed by atoms with Gasteiger partial charge < -0.3 is 5.73 Å². The van der Waals surface area contributed by atoms with Crippen molar-refractivity contribution in [3.8, 4) is 6.07 Å². The predicted molar refractivity (Wildman–Crippen MR) is 68.1 cm³/mol. The number of nitrogen functional groups attached to an aromatic ring is 1. The van der Waals surface area contributed by atoms with E-state index in [1.807, 2.05) is 6.07 Å². The molecule has 3 N–H and O–H groups in total. The third-order valence-electron chi connectivity index (χ3n) is 3.20. The number of anilines is 1. The molecule has 1 aliphatic carbocycles. The van der Waals surface area contributed by atoms with Gasteiger partial charge in [-0.15, -0.1) is 0 Å². The molecule has 2 rings (SSSR count). The summed E-state index contributed by atoms with van der Waals surface area (Å²) in [6, 6.07) is 6.09. The van der Waals surface area contributed by atoms with E-state index in [1.54, 1.807) is 0 Å². The van der Waals surface area contributed by atoms with Gasteiger partial charge in [0.05, 0.1) is 10.5 Å². The first kappa shape index (κ1) is 12.9. The van der Waals surface area contributed by atoms with Gasteiger partial charge in [-0.1, -0.05) is 6.42 Å². The Labute approximate surface area is 107 Å². The first-order valence-electron chi connectivity index (χ1n) is 5.82. The minimum atomic E-state index is -3.62. The summed E-state index contributed by atoms with van der Waals surface area (Å²) in [5, 5.41) is 8.94. The van der Waals surface area contributed by atoms with Crippen LogP contribution in [-0.4, -0.2) is 15.0 Å². The first-order valence-corrected chi connectivity index (χ1v) is 7.30. The summed E-state index contributed by atoms with van der Waals surface area (Å²) in [7, 11) is -3.62. The maximum Gasteiger partial charge on any atom is 0.241 e. The summed E-state index contributed by atoms with van der Waals surface area (Å²) < 4.78 is 26.7. The van der Waals surface area contributed by atoms with E-state index in [0.29, 0.717) is 18.2 Å². The Morgan fingerprint density at radius 1 is 1.44 bits per heavy atom. The van der Waals surface area contributed by atoms with Crippen LogP contribution in [0.2, 0.25) is 0 Å². The second-order valence-electron chi connectivity index (χ2n) is 4.52. The molecule has 1 saturated carbocycles. The highest BCUT2D eigenvalue weighted by atomic mass is 32.2. The molecule has 0 saturated heterocycles. The molecule has 0 atom stereocenters. The molecule has 5 nitrogen and oxygen atoms in total. The molecule has 0 heterocycles. The average molecular weight is 265 g/mol. The first-order chi connectivity index (χ1) is 8.53. The van der Waals surface area contributed by atoms with E-state index < -0.39 is 10.0 Å². The molecule has 0 spiro atoms. The van der Waals surface area contributed by atoms with Crippen LogP contribution in [-0.2, 0) is 10.0 Å². The normalized spacial score (nSPS) is 15.9. The third-order valence-corrected chi connectivity index (χ3v) is 4.68. The zero-order chi connectivity index (χ0) is 13.2. The Kier molecular flexibility index (Phi) is 3.55. The molecule has 0 radical (unpaired) electrons. The summed E-state index contributed by atoms with van der Waals surface area (Å²) in [5.41, 5.74) is 5.99. The smallest absolute Gasteiger partial charge is 0.241 e. The molecular weight excluding hydrogens is 250 g/mol. The van der Waals surface area contributed by atoms with Crippen LogP contribution >= 0.6 is 0 Å². The van der Waals surface area contributed by atoms with E-state index in [1.165, 1.54) is 18.2 Å². The SMILES string of the molecule is N#Cc1cc(N)ccc1S(=O)(=O)NCC1CCC1. The molecule has 1 aliphatic rings. The molecule has 0 unspecified atom stereocenters. The average Bonchev–Trinajstić information content (AvgIpc) is 2.26. The lowest BCUT2D eigenvalue weighted by Gasteiger charge is -2.25. The van der Waals surface area contributed by atoms with Crippen molar-refractivity contribution in [2.45, 2.75) is 24.2 Å². The minimum absolute atomic E-state index is 0.00137. The zero-order valence-electron chi connectivity index (χ0n) is 9.89. The summed E-state index contributed by atoms with van der Waals surface area (Å²) in [5.74, 6) is 0.430. The molecule has 6 heteroatoms. The topological polar surface area (TPSA) is 96.0 Å². The molecular formula is C12H15N3O2S. The van der Waals surface area contributed by atoms with Crippen LogP contribution in [0.5, 0.6) is 0 Å². The Morgan fingerprint density at radius 3 is 2.72 bits per heavy atom. The minimum Gasteiger partial charge on any atom is -0.399 e. The largest absolute Gasteiger partial charge is 0.399 e. The van der Waals surface area contributed by atoms with Crippen molar-refractivity contribution < 1.29 is 8.42 Å². The quantitative estimate of drug-likeness (QED) is 0.800. The number of nitrogens with two attached hydrogens (primary N) is 1. The van der Waals surface area contributed by atoms with E-state index in [9.17, 15) is 8.42 Å². The summed E-state index contributed by atoms with van der Waals surface area (Å²) >= 11 is 0. The standard InChI is InChI=1S/C12H15N3O2S/c13-7-10-6-11(14)4-5-12(10)18(16,17)15-8-9-2-1-3-9/h4-6,9,15H,1-3,8,14H2. The fourth-order valence-electron chi connectivity index (χ4n) is 1.87. The van der Waals surface area contributed by atoms with Crippen molar-refractivity contribution in [2.75, 3.05) is 12.3 Å². The highest BCUT2D eigenvalue weighted by Gasteiger charge is 2.23. The van der Waals surface area contributed by atoms with Crippen molar-refractivity contribution in [3.63, 3.8) is 0 Å². The Bertz CT molecular complexity index is 586. The van der Waals surface area contributed by atoms with Crippen molar-refractivity contribution in [1.82, 2.24) is 4.72 Å². The summed E-state index contributed by atoms with van der Waals surface area (Å²) in [6.45, 7) is 0.442. The molecule has 0 amide bonds. The van der Waals surface area contributed by atoms with Gasteiger partial charge >= 0.3 is 0 Å². The van der Waals surface area contributed by atoms with Crippen molar-refractivity contribution >= 4 is 15.7 Å². The molecule has 0 aliphatic heterocycles. The Morgan fingerprint density at radius 2 is 2.17 bits per heavy atom. The number of nitrogens with one attached hydrogen (secondary N) is 1. The van der Waals surface area contributed by atoms with Gasteiger partial charge in [0, 0.05) is 12.2 Å². The number of hydrogen-bond donors (Lipinski definition) is 2. The monoisotopic (exact) mass is 265 g/mol. The van der Waals surface area contributed by atoms with Gasteiger partial charge in [-0.2, -0.15) is 5.26 Å². The molecule has 18 heavy (non-hydrogen) atoms. The number of benzene rings is 1. The lowest BCUT2D eigenvalue weighted by atomic mass is 9.86. The molecule has 1 fully saturated rings. The van der Waals surface area contributed by atoms with E-state index in [2.05, 4.69) is 4.72 Å². The highest BCUT2D eigenvalue weighted by Crippen LogP contribution is 2.26. The molecule has 1 aromatic rings. The molecule has 0 bridgehead atoms. The number of nitrogens with zero attached hydrogens (tertiary/aromatic N) is 1. The van der Waals surface area contributed by atoms with Crippen LogP contribution in [0, 0.1) is 17.2 Å². The highest BCUT2D eigenvalue weighted by molar-refractivity contribution is 7.89. The third kappa shape index (κ3) is 2.63. The van der Waals surface area contributed by atoms with Gasteiger partial charge in [0.15, 0.2) is 0 Å². The van der Waals surface area contributed by atoms with Gasteiger partial charge in [-0.25, -0.2) is 13.1 Å². The number of rotatable bonds is 4. The van der Waals surface area contributed by atoms with E-state index in [4.69, 9.17) is 11.0 Å². The molecule has 1 aromatic carbocycles. The van der Waals surface area contributed by atoms with Crippen LogP contribution in [0.15, 0.2) is 23.1 Å². The maximum atomic E-state index is 12.1. The fourth-order valence-corrected chi connectivity index (χ4v) is 3.12. The second-order valence-corrected chi connectivity index (χ2v) is 6.25. The van der Waals surface area contributed by atoms with Crippen molar-refractivity contribution in [1.29, 1.82) is 5.26 Å². The molecule has 96 valence electrons. The van der Waals surface area contributed by atoms with Gasteiger partial charge in [0.1, 0.15) is 6.07 Å². The zero-order valence-corrected chi connectivity index (χ0v) is 10.7. The van der Waals surface area contributed by atoms with Crippen molar-refractivity contribution in [2.24, 2.45) is 5.92 Å². The number of sulfonamides is 1. The van der Waals surface area contributed by atoms with Gasteiger partial charge in [0.25, 0.3) is 0 Å². The van der Waals surface area contributed by atoms with Gasteiger partial charge in [-0.05, 0) is 37.0 Å². The van der Waals surface area contributed by atoms with Gasteiger partial charge in [-0.3, -0.25) is 0 Å². The van der Waals surface area contributed by atoms with E-state index in [0.717, 1.165) is 19.3 Å². The van der Waals surface area contributed by atoms with Crippen LogP contribution in [0.1, 0.15) is 24.8 Å². The second kappa shape index (κ2) is 4.96. The van der Waals surface area contributed by atoms with E-state index >= 15 is 0 Å². The Hall–Kier alpha value is -1.58. The van der Waals surface area contributed by atoms with Crippen LogP contribution in [0.3, 0.4) is 0 Å². The predicted octanol–water partition coefficient (Wildman–Crippen LogP) is 1.22. The van der Waals surface area contributed by atoms with Crippen LogP contribution in [0.25, 0.3) is 0 Å². The number of hydrogen-bond acceptors (Lipinski definition) is 4. The fraction of sp³-hybridized carbons (Fsp3) is 0.417. The lowest BCUT2D eigenvalue weighted by Crippen LogP contribution is -2.32. The van der Waals surface area contributed by atoms with Crippen LogP contribution in [0.4, 0.5) is 5.69 Å². The van der Waals surface area contributed by atoms with E-state index in [-0.39, 0.29) is 10.5 Å². The summed E-state index contributed by atoms with van der Waals surface area (Å²) in [6.07, 6.45) is 3.29. The number of nitriles is 1.